The molecule has 1 heterocycles. The lowest BCUT2D eigenvalue weighted by molar-refractivity contribution is 0.200. The Hall–Kier alpha value is -2.47. The second-order valence-electron chi connectivity index (χ2n) is 6.46. The number of para-hydroxylation sites is 1. The normalized spacial score (nSPS) is 17.6. The first kappa shape index (κ1) is 17.4. The molecular weight excluding hydrogens is 326 g/mol. The van der Waals surface area contributed by atoms with E-state index in [1.165, 1.54) is 11.0 Å². The quantitative estimate of drug-likeness (QED) is 0.908. The highest BCUT2D eigenvalue weighted by atomic mass is 19.2. The molecule has 0 bridgehead atoms. The Kier molecular flexibility index (Phi) is 4.99. The largest absolute Gasteiger partial charge is 0.465 e. The van der Waals surface area contributed by atoms with Gasteiger partial charge in [0.1, 0.15) is 0 Å². The molecule has 2 aromatic carbocycles. The molecule has 1 aliphatic heterocycles. The van der Waals surface area contributed by atoms with Gasteiger partial charge >= 0.3 is 6.09 Å². The van der Waals surface area contributed by atoms with Crippen molar-refractivity contribution in [3.05, 3.63) is 54.1 Å². The Morgan fingerprint density at radius 3 is 2.64 bits per heavy atom. The first-order chi connectivity index (χ1) is 12.0. The highest BCUT2D eigenvalue weighted by molar-refractivity contribution is 5.92. The summed E-state index contributed by atoms with van der Waals surface area (Å²) in [6.07, 6.45) is -0.113. The Bertz CT molecular complexity index is 782. The zero-order valence-corrected chi connectivity index (χ0v) is 14.0. The number of anilines is 1. The zero-order chi connectivity index (χ0) is 18.0. The zero-order valence-electron chi connectivity index (χ0n) is 14.0. The number of amides is 1. The maximum absolute atomic E-state index is 13.6. The molecule has 0 aliphatic carbocycles. The number of benzene rings is 2. The van der Waals surface area contributed by atoms with E-state index in [9.17, 15) is 18.7 Å². The molecular formula is C19H20F2N2O2. The minimum Gasteiger partial charge on any atom is -0.465 e. The van der Waals surface area contributed by atoms with Crippen LogP contribution in [0, 0.1) is 17.6 Å². The topological polar surface area (TPSA) is 43.8 Å². The summed E-state index contributed by atoms with van der Waals surface area (Å²) in [6.45, 7) is 2.17. The van der Waals surface area contributed by atoms with Crippen molar-refractivity contribution in [2.75, 3.05) is 31.6 Å². The van der Waals surface area contributed by atoms with Crippen molar-refractivity contribution < 1.29 is 18.7 Å². The van der Waals surface area contributed by atoms with E-state index < -0.39 is 17.7 Å². The highest BCUT2D eigenvalue weighted by Crippen LogP contribution is 2.33. The van der Waals surface area contributed by atoms with Crippen molar-refractivity contribution in [3.63, 3.8) is 0 Å². The molecule has 0 unspecified atom stereocenters. The smallest absolute Gasteiger partial charge is 0.411 e. The fourth-order valence-electron chi connectivity index (χ4n) is 3.33. The van der Waals surface area contributed by atoms with Crippen LogP contribution >= 0.6 is 0 Å². The molecule has 1 aliphatic rings. The van der Waals surface area contributed by atoms with Gasteiger partial charge in [-0.2, -0.15) is 0 Å². The van der Waals surface area contributed by atoms with Crippen molar-refractivity contribution in [2.45, 2.75) is 6.42 Å². The summed E-state index contributed by atoms with van der Waals surface area (Å²) in [5.41, 5.74) is 1.50. The van der Waals surface area contributed by atoms with Gasteiger partial charge in [-0.05, 0) is 49.7 Å². The maximum atomic E-state index is 13.6. The molecule has 1 amide bonds. The van der Waals surface area contributed by atoms with Crippen LogP contribution in [0.4, 0.5) is 19.3 Å². The van der Waals surface area contributed by atoms with E-state index in [1.807, 2.05) is 7.05 Å². The Balaban J connectivity index is 1.96. The number of hydrogen-bond acceptors (Lipinski definition) is 2. The summed E-state index contributed by atoms with van der Waals surface area (Å²) in [5.74, 6) is -1.63. The van der Waals surface area contributed by atoms with Gasteiger partial charge in [-0.25, -0.2) is 13.6 Å². The van der Waals surface area contributed by atoms with Gasteiger partial charge in [-0.15, -0.1) is 0 Å². The number of hydrogen-bond donors (Lipinski definition) is 1. The van der Waals surface area contributed by atoms with Crippen LogP contribution in [0.1, 0.15) is 6.42 Å². The predicted molar refractivity (Wildman–Crippen MR) is 92.8 cm³/mol. The van der Waals surface area contributed by atoms with Gasteiger partial charge in [0.25, 0.3) is 0 Å². The summed E-state index contributed by atoms with van der Waals surface area (Å²) >= 11 is 0. The molecule has 0 aromatic heterocycles. The van der Waals surface area contributed by atoms with Crippen LogP contribution in [-0.4, -0.2) is 42.8 Å². The number of halogens is 2. The molecule has 0 spiro atoms. The number of carbonyl (C=O) groups is 1. The average Bonchev–Trinajstić information content (AvgIpc) is 3.00. The van der Waals surface area contributed by atoms with Crippen LogP contribution in [0.3, 0.4) is 0 Å². The number of carboxylic acid groups (broad SMARTS) is 1. The van der Waals surface area contributed by atoms with Gasteiger partial charge < -0.3 is 10.0 Å². The molecule has 6 heteroatoms. The van der Waals surface area contributed by atoms with Crippen LogP contribution < -0.4 is 4.90 Å². The summed E-state index contributed by atoms with van der Waals surface area (Å²) in [4.78, 5) is 15.3. The van der Waals surface area contributed by atoms with Crippen molar-refractivity contribution >= 4 is 11.8 Å². The summed E-state index contributed by atoms with van der Waals surface area (Å²) in [7, 11) is 2.01. The minimum absolute atomic E-state index is 0.249. The second-order valence-corrected chi connectivity index (χ2v) is 6.46. The summed E-state index contributed by atoms with van der Waals surface area (Å²) in [5, 5.41) is 9.70. The average molecular weight is 346 g/mol. The lowest BCUT2D eigenvalue weighted by atomic mass is 10.0. The van der Waals surface area contributed by atoms with Crippen LogP contribution in [0.5, 0.6) is 0 Å². The van der Waals surface area contributed by atoms with Gasteiger partial charge in [-0.3, -0.25) is 4.90 Å². The first-order valence-corrected chi connectivity index (χ1v) is 8.19. The molecule has 132 valence electrons. The molecule has 3 rings (SSSR count). The van der Waals surface area contributed by atoms with Crippen molar-refractivity contribution in [1.29, 1.82) is 0 Å². The number of nitrogens with zero attached hydrogens (tertiary/aromatic N) is 2. The van der Waals surface area contributed by atoms with Gasteiger partial charge in [0.05, 0.1) is 5.69 Å². The summed E-state index contributed by atoms with van der Waals surface area (Å²) < 4.78 is 26.8. The predicted octanol–water partition coefficient (Wildman–Crippen LogP) is 4.07. The van der Waals surface area contributed by atoms with Gasteiger partial charge in [0.2, 0.25) is 0 Å². The van der Waals surface area contributed by atoms with E-state index in [0.29, 0.717) is 23.4 Å². The fourth-order valence-corrected chi connectivity index (χ4v) is 3.33. The lowest BCUT2D eigenvalue weighted by Crippen LogP contribution is -2.35. The molecule has 1 fully saturated rings. The molecule has 25 heavy (non-hydrogen) atoms. The van der Waals surface area contributed by atoms with Gasteiger partial charge in [0, 0.05) is 18.7 Å². The van der Waals surface area contributed by atoms with E-state index in [1.54, 1.807) is 24.3 Å². The Morgan fingerprint density at radius 2 is 2.00 bits per heavy atom. The fraction of sp³-hybridized carbons (Fsp3) is 0.316. The second kappa shape index (κ2) is 7.19. The first-order valence-electron chi connectivity index (χ1n) is 8.19. The molecule has 0 radical (unpaired) electrons. The molecule has 1 atom stereocenters. The third-order valence-electron chi connectivity index (χ3n) is 4.59. The lowest BCUT2D eigenvalue weighted by Gasteiger charge is -2.25. The molecule has 2 aromatic rings. The standard InChI is InChI=1S/C19H20F2N2O2/c1-22-9-8-13(11-22)12-23(19(24)25)18-5-3-2-4-15(18)14-6-7-16(20)17(21)10-14/h2-7,10,13H,8-9,11-12H2,1H3,(H,24,25)/t13-/m1/s1. The molecule has 0 saturated carbocycles. The molecule has 1 saturated heterocycles. The third-order valence-corrected chi connectivity index (χ3v) is 4.59. The van der Waals surface area contributed by atoms with Crippen molar-refractivity contribution in [2.24, 2.45) is 5.92 Å². The third kappa shape index (κ3) is 3.79. The van der Waals surface area contributed by atoms with Crippen LogP contribution in [0.15, 0.2) is 42.5 Å². The van der Waals surface area contributed by atoms with E-state index in [4.69, 9.17) is 0 Å². The monoisotopic (exact) mass is 346 g/mol. The minimum atomic E-state index is -1.05. The Labute approximate surface area is 145 Å². The van der Waals surface area contributed by atoms with Crippen molar-refractivity contribution in [3.8, 4) is 11.1 Å². The van der Waals surface area contributed by atoms with E-state index in [2.05, 4.69) is 4.90 Å². The van der Waals surface area contributed by atoms with E-state index in [-0.39, 0.29) is 5.92 Å². The Morgan fingerprint density at radius 1 is 1.24 bits per heavy atom. The maximum Gasteiger partial charge on any atom is 0.411 e. The molecule has 1 N–H and O–H groups in total. The van der Waals surface area contributed by atoms with Gasteiger partial charge in [-0.1, -0.05) is 24.3 Å². The van der Waals surface area contributed by atoms with Gasteiger partial charge in [0.15, 0.2) is 11.6 Å². The SMILES string of the molecule is CN1CC[C@@H](CN(C(=O)O)c2ccccc2-c2ccc(F)c(F)c2)C1. The summed E-state index contributed by atoms with van der Waals surface area (Å²) in [6, 6.07) is 10.5. The van der Waals surface area contributed by atoms with Crippen LogP contribution in [-0.2, 0) is 0 Å². The van der Waals surface area contributed by atoms with E-state index >= 15 is 0 Å². The number of rotatable bonds is 4. The number of likely N-dealkylation sites (tertiary alicyclic amines) is 1. The van der Waals surface area contributed by atoms with Crippen LogP contribution in [0.2, 0.25) is 0 Å². The van der Waals surface area contributed by atoms with E-state index in [0.717, 1.165) is 31.6 Å². The highest BCUT2D eigenvalue weighted by Gasteiger charge is 2.26. The van der Waals surface area contributed by atoms with Crippen LogP contribution in [0.25, 0.3) is 11.1 Å². The van der Waals surface area contributed by atoms with Crippen molar-refractivity contribution in [1.82, 2.24) is 4.90 Å². The molecule has 4 nitrogen and oxygen atoms in total.